The first-order chi connectivity index (χ1) is 7.18. The van der Waals surface area contributed by atoms with Crippen LogP contribution in [-0.4, -0.2) is 8.75 Å². The monoisotopic (exact) mass is 287 g/mol. The van der Waals surface area contributed by atoms with E-state index in [0.29, 0.717) is 11.3 Å². The Morgan fingerprint density at radius 1 is 1.47 bits per heavy atom. The molecule has 0 bridgehead atoms. The maximum Gasteiger partial charge on any atom is 0.128 e. The second kappa shape index (κ2) is 4.34. The lowest BCUT2D eigenvalue weighted by Crippen LogP contribution is -2.13. The van der Waals surface area contributed by atoms with Gasteiger partial charge in [-0.3, -0.25) is 0 Å². The van der Waals surface area contributed by atoms with Crippen LogP contribution in [0.1, 0.15) is 17.3 Å². The molecule has 3 nitrogen and oxygen atoms in total. The average molecular weight is 288 g/mol. The zero-order valence-electron chi connectivity index (χ0n) is 7.52. The number of nitrogens with two attached hydrogens (primary N) is 1. The van der Waals surface area contributed by atoms with Crippen molar-refractivity contribution in [2.45, 2.75) is 6.04 Å². The van der Waals surface area contributed by atoms with E-state index >= 15 is 0 Å². The van der Waals surface area contributed by atoms with E-state index in [9.17, 15) is 4.39 Å². The highest BCUT2D eigenvalue weighted by atomic mass is 79.9. The van der Waals surface area contributed by atoms with Crippen molar-refractivity contribution in [3.63, 3.8) is 0 Å². The van der Waals surface area contributed by atoms with Gasteiger partial charge in [-0.2, -0.15) is 8.75 Å². The SMILES string of the molecule is NC(c1cnsn1)c1cc(Br)ccc1F. The van der Waals surface area contributed by atoms with Gasteiger partial charge in [0.15, 0.2) is 0 Å². The lowest BCUT2D eigenvalue weighted by Gasteiger charge is -2.10. The van der Waals surface area contributed by atoms with Gasteiger partial charge in [-0.25, -0.2) is 4.39 Å². The van der Waals surface area contributed by atoms with Crippen LogP contribution in [-0.2, 0) is 0 Å². The Labute approximate surface area is 98.6 Å². The van der Waals surface area contributed by atoms with E-state index in [4.69, 9.17) is 5.73 Å². The number of halogens is 2. The Bertz CT molecular complexity index is 460. The van der Waals surface area contributed by atoms with Gasteiger partial charge in [0.25, 0.3) is 0 Å². The molecule has 2 aromatic rings. The molecule has 0 amide bonds. The standard InChI is InChI=1S/C9H7BrFN3S/c10-5-1-2-7(11)6(3-5)9(12)8-4-13-15-14-8/h1-4,9H,12H2. The van der Waals surface area contributed by atoms with Crippen LogP contribution in [0.25, 0.3) is 0 Å². The fraction of sp³-hybridized carbons (Fsp3) is 0.111. The fourth-order valence-corrected chi connectivity index (χ4v) is 2.06. The number of nitrogens with zero attached hydrogens (tertiary/aromatic N) is 2. The van der Waals surface area contributed by atoms with Crippen molar-refractivity contribution in [2.24, 2.45) is 5.73 Å². The van der Waals surface area contributed by atoms with E-state index in [1.165, 1.54) is 6.07 Å². The van der Waals surface area contributed by atoms with Crippen LogP contribution in [0.5, 0.6) is 0 Å². The third kappa shape index (κ3) is 2.22. The van der Waals surface area contributed by atoms with Gasteiger partial charge >= 0.3 is 0 Å². The molecule has 0 aliphatic heterocycles. The van der Waals surface area contributed by atoms with E-state index in [1.807, 2.05) is 0 Å². The number of rotatable bonds is 2. The Balaban J connectivity index is 2.41. The van der Waals surface area contributed by atoms with E-state index in [-0.39, 0.29) is 5.82 Å². The van der Waals surface area contributed by atoms with E-state index in [0.717, 1.165) is 16.2 Å². The van der Waals surface area contributed by atoms with Gasteiger partial charge in [-0.1, -0.05) is 15.9 Å². The minimum Gasteiger partial charge on any atom is -0.319 e. The highest BCUT2D eigenvalue weighted by Crippen LogP contribution is 2.24. The second-order valence-corrected chi connectivity index (χ2v) is 4.45. The van der Waals surface area contributed by atoms with Crippen LogP contribution in [0.4, 0.5) is 4.39 Å². The molecule has 0 saturated heterocycles. The van der Waals surface area contributed by atoms with Crippen molar-refractivity contribution in [2.75, 3.05) is 0 Å². The third-order valence-corrected chi connectivity index (χ3v) is 2.98. The maximum absolute atomic E-state index is 13.5. The summed E-state index contributed by atoms with van der Waals surface area (Å²) in [5.74, 6) is -0.335. The molecule has 1 atom stereocenters. The summed E-state index contributed by atoms with van der Waals surface area (Å²) in [4.78, 5) is 0. The molecule has 2 N–H and O–H groups in total. The molecule has 0 radical (unpaired) electrons. The first-order valence-corrected chi connectivity index (χ1v) is 5.69. The summed E-state index contributed by atoms with van der Waals surface area (Å²) in [5.41, 5.74) is 6.87. The van der Waals surface area contributed by atoms with Gasteiger partial charge in [-0.15, -0.1) is 0 Å². The first-order valence-electron chi connectivity index (χ1n) is 4.16. The van der Waals surface area contributed by atoms with Crippen molar-refractivity contribution in [3.05, 3.63) is 45.9 Å². The number of benzene rings is 1. The van der Waals surface area contributed by atoms with Crippen LogP contribution in [0.2, 0.25) is 0 Å². The molecule has 1 unspecified atom stereocenters. The van der Waals surface area contributed by atoms with E-state index in [1.54, 1.807) is 18.3 Å². The van der Waals surface area contributed by atoms with Gasteiger partial charge in [0.2, 0.25) is 0 Å². The van der Waals surface area contributed by atoms with Crippen molar-refractivity contribution < 1.29 is 4.39 Å². The largest absolute Gasteiger partial charge is 0.319 e. The Morgan fingerprint density at radius 2 is 2.27 bits per heavy atom. The van der Waals surface area contributed by atoms with Gasteiger partial charge < -0.3 is 5.73 Å². The minimum absolute atomic E-state index is 0.335. The van der Waals surface area contributed by atoms with Crippen molar-refractivity contribution >= 4 is 27.7 Å². The molecule has 1 aromatic carbocycles. The summed E-state index contributed by atoms with van der Waals surface area (Å²) in [6, 6.07) is 4.09. The lowest BCUT2D eigenvalue weighted by molar-refractivity contribution is 0.597. The highest BCUT2D eigenvalue weighted by molar-refractivity contribution is 9.10. The molecule has 0 spiro atoms. The molecular weight excluding hydrogens is 281 g/mol. The van der Waals surface area contributed by atoms with Crippen molar-refractivity contribution in [1.29, 1.82) is 0 Å². The summed E-state index contributed by atoms with van der Waals surface area (Å²) < 4.78 is 22.1. The summed E-state index contributed by atoms with van der Waals surface area (Å²) in [6.45, 7) is 0. The zero-order valence-corrected chi connectivity index (χ0v) is 9.93. The van der Waals surface area contributed by atoms with Gasteiger partial charge in [0.1, 0.15) is 5.82 Å². The van der Waals surface area contributed by atoms with Crippen molar-refractivity contribution in [3.8, 4) is 0 Å². The molecular formula is C9H7BrFN3S. The number of hydrogen-bond acceptors (Lipinski definition) is 4. The van der Waals surface area contributed by atoms with Crippen LogP contribution < -0.4 is 5.73 Å². The van der Waals surface area contributed by atoms with Crippen LogP contribution >= 0.6 is 27.7 Å². The average Bonchev–Trinajstić information content (AvgIpc) is 2.74. The molecule has 6 heteroatoms. The molecule has 1 heterocycles. The fourth-order valence-electron chi connectivity index (χ4n) is 1.22. The quantitative estimate of drug-likeness (QED) is 0.923. The summed E-state index contributed by atoms with van der Waals surface area (Å²) in [7, 11) is 0. The molecule has 0 aliphatic rings. The van der Waals surface area contributed by atoms with Gasteiger partial charge in [0.05, 0.1) is 29.7 Å². The van der Waals surface area contributed by atoms with Gasteiger partial charge in [-0.05, 0) is 18.2 Å². The molecule has 15 heavy (non-hydrogen) atoms. The van der Waals surface area contributed by atoms with Crippen molar-refractivity contribution in [1.82, 2.24) is 8.75 Å². The molecule has 1 aromatic heterocycles. The zero-order chi connectivity index (χ0) is 10.8. The third-order valence-electron chi connectivity index (χ3n) is 1.99. The minimum atomic E-state index is -0.568. The lowest BCUT2D eigenvalue weighted by atomic mass is 10.1. The highest BCUT2D eigenvalue weighted by Gasteiger charge is 2.16. The summed E-state index contributed by atoms with van der Waals surface area (Å²) in [5, 5.41) is 0. The normalized spacial score (nSPS) is 12.7. The molecule has 2 rings (SSSR count). The Hall–Kier alpha value is -0.850. The topological polar surface area (TPSA) is 51.8 Å². The molecule has 78 valence electrons. The number of hydrogen-bond donors (Lipinski definition) is 1. The van der Waals surface area contributed by atoms with E-state index in [2.05, 4.69) is 24.7 Å². The predicted octanol–water partition coefficient (Wildman–Crippen LogP) is 2.49. The number of aromatic nitrogens is 2. The smallest absolute Gasteiger partial charge is 0.128 e. The molecule has 0 fully saturated rings. The van der Waals surface area contributed by atoms with Crippen LogP contribution in [0.3, 0.4) is 0 Å². The Kier molecular flexibility index (Phi) is 3.08. The maximum atomic E-state index is 13.5. The molecule has 0 aliphatic carbocycles. The second-order valence-electron chi connectivity index (χ2n) is 2.98. The van der Waals surface area contributed by atoms with Gasteiger partial charge in [0, 0.05) is 10.0 Å². The van der Waals surface area contributed by atoms with Crippen LogP contribution in [0.15, 0.2) is 28.9 Å². The summed E-state index contributed by atoms with van der Waals surface area (Å²) in [6.07, 6.45) is 1.55. The molecule has 0 saturated carbocycles. The predicted molar refractivity (Wildman–Crippen MR) is 60.0 cm³/mol. The summed E-state index contributed by atoms with van der Waals surface area (Å²) >= 11 is 4.33. The van der Waals surface area contributed by atoms with E-state index < -0.39 is 6.04 Å². The van der Waals surface area contributed by atoms with Crippen LogP contribution in [0, 0.1) is 5.82 Å². The Morgan fingerprint density at radius 3 is 2.93 bits per heavy atom. The first kappa shape index (κ1) is 10.7.